The van der Waals surface area contributed by atoms with E-state index in [1.165, 1.54) is 26.4 Å². The van der Waals surface area contributed by atoms with Crippen LogP contribution in [0, 0.1) is 5.82 Å². The number of rotatable bonds is 3. The van der Waals surface area contributed by atoms with Gasteiger partial charge in [-0.25, -0.2) is 9.37 Å². The lowest BCUT2D eigenvalue weighted by Gasteiger charge is -2.14. The zero-order valence-corrected chi connectivity index (χ0v) is 14.6. The highest BCUT2D eigenvalue weighted by Crippen LogP contribution is 2.36. The SMILES string of the molecule is CNC(=O)c1c(-c2c(N)ccc(F)c2Cl)nc2c(OC)cccn2c1=O. The van der Waals surface area contributed by atoms with E-state index in [-0.39, 0.29) is 33.2 Å². The first-order valence-electron chi connectivity index (χ1n) is 7.46. The van der Waals surface area contributed by atoms with Crippen LogP contribution in [0.15, 0.2) is 35.3 Å². The molecular formula is C17H14ClFN4O3. The number of benzene rings is 1. The van der Waals surface area contributed by atoms with E-state index in [0.29, 0.717) is 5.75 Å². The smallest absolute Gasteiger partial charge is 0.271 e. The van der Waals surface area contributed by atoms with Gasteiger partial charge in [0.2, 0.25) is 0 Å². The molecule has 7 nitrogen and oxygen atoms in total. The van der Waals surface area contributed by atoms with Gasteiger partial charge < -0.3 is 15.8 Å². The highest BCUT2D eigenvalue weighted by molar-refractivity contribution is 6.34. The number of anilines is 1. The Morgan fingerprint density at radius 1 is 1.38 bits per heavy atom. The van der Waals surface area contributed by atoms with Crippen LogP contribution in [0.3, 0.4) is 0 Å². The molecule has 0 bridgehead atoms. The number of fused-ring (bicyclic) bond motifs is 1. The number of nitrogens with two attached hydrogens (primary N) is 1. The second kappa shape index (κ2) is 6.64. The highest BCUT2D eigenvalue weighted by Gasteiger charge is 2.25. The van der Waals surface area contributed by atoms with E-state index in [9.17, 15) is 14.0 Å². The maximum atomic E-state index is 14.0. The van der Waals surface area contributed by atoms with Crippen molar-refractivity contribution in [3.63, 3.8) is 0 Å². The molecule has 0 radical (unpaired) electrons. The Morgan fingerprint density at radius 3 is 2.77 bits per heavy atom. The highest BCUT2D eigenvalue weighted by atomic mass is 35.5. The summed E-state index contributed by atoms with van der Waals surface area (Å²) in [5, 5.41) is 2.05. The van der Waals surface area contributed by atoms with Crippen molar-refractivity contribution in [1.29, 1.82) is 0 Å². The predicted molar refractivity (Wildman–Crippen MR) is 96.2 cm³/mol. The van der Waals surface area contributed by atoms with Crippen LogP contribution in [-0.4, -0.2) is 29.4 Å². The summed E-state index contributed by atoms with van der Waals surface area (Å²) in [6, 6.07) is 5.55. The number of ether oxygens (including phenoxy) is 1. The summed E-state index contributed by atoms with van der Waals surface area (Å²) in [7, 11) is 2.78. The standard InChI is InChI=1S/C17H14ClFN4O3/c1-21-16(24)12-14(11-9(20)6-5-8(19)13(11)18)22-15-10(26-2)4-3-7-23(15)17(12)25/h3-7H,20H2,1-2H3,(H,21,24). The van der Waals surface area contributed by atoms with Crippen LogP contribution in [0.25, 0.3) is 16.9 Å². The third-order valence-electron chi connectivity index (χ3n) is 3.86. The van der Waals surface area contributed by atoms with Crippen LogP contribution < -0.4 is 21.3 Å². The van der Waals surface area contributed by atoms with Crippen LogP contribution in [0.4, 0.5) is 10.1 Å². The number of nitrogen functional groups attached to an aromatic ring is 1. The molecule has 3 N–H and O–H groups in total. The van der Waals surface area contributed by atoms with Crippen molar-refractivity contribution in [3.8, 4) is 17.0 Å². The van der Waals surface area contributed by atoms with Gasteiger partial charge in [0.15, 0.2) is 11.4 Å². The Morgan fingerprint density at radius 2 is 2.12 bits per heavy atom. The van der Waals surface area contributed by atoms with Crippen LogP contribution in [0.2, 0.25) is 5.02 Å². The maximum absolute atomic E-state index is 14.0. The lowest BCUT2D eigenvalue weighted by atomic mass is 10.0. The molecule has 1 aromatic carbocycles. The average Bonchev–Trinajstić information content (AvgIpc) is 2.64. The number of carbonyl (C=O) groups is 1. The molecule has 3 rings (SSSR count). The molecule has 0 aliphatic heterocycles. The Hall–Kier alpha value is -3.13. The van der Waals surface area contributed by atoms with Gasteiger partial charge in [-0.3, -0.25) is 14.0 Å². The molecule has 0 saturated heterocycles. The molecule has 0 unspecified atom stereocenters. The summed E-state index contributed by atoms with van der Waals surface area (Å²) >= 11 is 6.06. The molecule has 0 aliphatic rings. The van der Waals surface area contributed by atoms with Crippen molar-refractivity contribution in [2.45, 2.75) is 0 Å². The summed E-state index contributed by atoms with van der Waals surface area (Å²) in [6.07, 6.45) is 1.44. The normalized spacial score (nSPS) is 10.8. The number of halogens is 2. The third-order valence-corrected chi connectivity index (χ3v) is 4.23. The van der Waals surface area contributed by atoms with Gasteiger partial charge >= 0.3 is 0 Å². The van der Waals surface area contributed by atoms with Gasteiger partial charge in [0.1, 0.15) is 11.4 Å². The largest absolute Gasteiger partial charge is 0.493 e. The molecule has 26 heavy (non-hydrogen) atoms. The van der Waals surface area contributed by atoms with Crippen molar-refractivity contribution >= 4 is 28.8 Å². The zero-order chi connectivity index (χ0) is 19.0. The minimum absolute atomic E-state index is 0.0317. The second-order valence-electron chi connectivity index (χ2n) is 5.32. The van der Waals surface area contributed by atoms with Gasteiger partial charge in [-0.1, -0.05) is 11.6 Å². The quantitative estimate of drug-likeness (QED) is 0.682. The molecule has 0 atom stereocenters. The maximum Gasteiger partial charge on any atom is 0.271 e. The first-order valence-corrected chi connectivity index (χ1v) is 7.83. The van der Waals surface area contributed by atoms with E-state index >= 15 is 0 Å². The summed E-state index contributed by atoms with van der Waals surface area (Å²) < 4.78 is 20.4. The molecule has 0 spiro atoms. The number of nitrogens with zero attached hydrogens (tertiary/aromatic N) is 2. The lowest BCUT2D eigenvalue weighted by molar-refractivity contribution is 0.0962. The first-order chi connectivity index (χ1) is 12.4. The van der Waals surface area contributed by atoms with E-state index in [4.69, 9.17) is 22.1 Å². The Balaban J connectivity index is 2.54. The van der Waals surface area contributed by atoms with E-state index in [1.54, 1.807) is 12.1 Å². The summed E-state index contributed by atoms with van der Waals surface area (Å²) in [5.74, 6) is -1.16. The van der Waals surface area contributed by atoms with Crippen LogP contribution in [0.1, 0.15) is 10.4 Å². The fraction of sp³-hybridized carbons (Fsp3) is 0.118. The van der Waals surface area contributed by atoms with Crippen LogP contribution >= 0.6 is 11.6 Å². The van der Waals surface area contributed by atoms with Crippen LogP contribution in [0.5, 0.6) is 5.75 Å². The molecule has 134 valence electrons. The number of nitrogens with one attached hydrogen (secondary N) is 1. The van der Waals surface area contributed by atoms with Crippen molar-refractivity contribution in [1.82, 2.24) is 14.7 Å². The van der Waals surface area contributed by atoms with Gasteiger partial charge in [-0.15, -0.1) is 0 Å². The van der Waals surface area contributed by atoms with Gasteiger partial charge in [0, 0.05) is 24.5 Å². The Kier molecular flexibility index (Phi) is 4.52. The molecule has 9 heteroatoms. The molecule has 0 saturated carbocycles. The number of carbonyl (C=O) groups excluding carboxylic acids is 1. The minimum atomic E-state index is -0.749. The molecular weight excluding hydrogens is 363 g/mol. The van der Waals surface area contributed by atoms with Gasteiger partial charge in [0.25, 0.3) is 11.5 Å². The molecule has 0 fully saturated rings. The van der Waals surface area contributed by atoms with Crippen LogP contribution in [-0.2, 0) is 0 Å². The second-order valence-corrected chi connectivity index (χ2v) is 5.69. The molecule has 2 aromatic heterocycles. The van der Waals surface area contributed by atoms with Crippen molar-refractivity contribution in [2.24, 2.45) is 0 Å². The number of hydrogen-bond donors (Lipinski definition) is 2. The van der Waals surface area contributed by atoms with E-state index in [2.05, 4.69) is 10.3 Å². The minimum Gasteiger partial charge on any atom is -0.493 e. The molecule has 1 amide bonds. The van der Waals surface area contributed by atoms with Gasteiger partial charge in [-0.2, -0.15) is 0 Å². The number of methoxy groups -OCH3 is 1. The van der Waals surface area contributed by atoms with Crippen molar-refractivity contribution < 1.29 is 13.9 Å². The summed E-state index contributed by atoms with van der Waals surface area (Å²) in [5.41, 5.74) is 5.02. The number of aromatic nitrogens is 2. The predicted octanol–water partition coefficient (Wildman–Crippen LogP) is 2.10. The zero-order valence-electron chi connectivity index (χ0n) is 13.8. The molecule has 0 aliphatic carbocycles. The monoisotopic (exact) mass is 376 g/mol. The molecule has 2 heterocycles. The van der Waals surface area contributed by atoms with Gasteiger partial charge in [0.05, 0.1) is 17.8 Å². The summed E-state index contributed by atoms with van der Waals surface area (Å²) in [6.45, 7) is 0. The molecule has 3 aromatic rings. The van der Waals surface area contributed by atoms with Crippen molar-refractivity contribution in [2.75, 3.05) is 19.9 Å². The average molecular weight is 377 g/mol. The Labute approximate surface area is 152 Å². The fourth-order valence-corrected chi connectivity index (χ4v) is 2.87. The number of amides is 1. The van der Waals surface area contributed by atoms with E-state index in [0.717, 1.165) is 10.5 Å². The topological polar surface area (TPSA) is 98.7 Å². The van der Waals surface area contributed by atoms with E-state index < -0.39 is 17.3 Å². The number of hydrogen-bond acceptors (Lipinski definition) is 5. The summed E-state index contributed by atoms with van der Waals surface area (Å²) in [4.78, 5) is 29.6. The van der Waals surface area contributed by atoms with Gasteiger partial charge in [-0.05, 0) is 24.3 Å². The van der Waals surface area contributed by atoms with Crippen molar-refractivity contribution in [3.05, 3.63) is 57.2 Å². The Bertz CT molecular complexity index is 1100. The fourth-order valence-electron chi connectivity index (χ4n) is 2.61. The number of pyridine rings is 1. The lowest BCUT2D eigenvalue weighted by Crippen LogP contribution is -2.31. The first kappa shape index (κ1) is 17.7. The van der Waals surface area contributed by atoms with E-state index in [1.807, 2.05) is 0 Å². The third kappa shape index (κ3) is 2.64.